The predicted octanol–water partition coefficient (Wildman–Crippen LogP) is 1.25. The van der Waals surface area contributed by atoms with Crippen molar-refractivity contribution >= 4 is 5.78 Å². The maximum absolute atomic E-state index is 12.1. The topological polar surface area (TPSA) is 60.7 Å². The van der Waals surface area contributed by atoms with E-state index in [4.69, 9.17) is 0 Å². The van der Waals surface area contributed by atoms with E-state index in [-0.39, 0.29) is 5.78 Å². The molecule has 0 aliphatic heterocycles. The van der Waals surface area contributed by atoms with Crippen LogP contribution < -0.4 is 0 Å². The highest BCUT2D eigenvalue weighted by molar-refractivity contribution is 5.98. The predicted molar refractivity (Wildman–Crippen MR) is 62.7 cm³/mol. The Bertz CT molecular complexity index is 559. The zero-order chi connectivity index (χ0) is 12.4. The van der Waals surface area contributed by atoms with E-state index in [1.165, 1.54) is 0 Å². The first-order valence-corrected chi connectivity index (χ1v) is 5.38. The highest BCUT2D eigenvalue weighted by atomic mass is 16.1. The summed E-state index contributed by atoms with van der Waals surface area (Å²) in [6.07, 6.45) is 3.89. The molecule has 0 atom stereocenters. The molecule has 88 valence electrons. The van der Waals surface area contributed by atoms with Crippen LogP contribution >= 0.6 is 0 Å². The number of aryl methyl sites for hydroxylation is 3. The normalized spacial score (nSPS) is 10.5. The Morgan fingerprint density at radius 1 is 1.35 bits per heavy atom. The van der Waals surface area contributed by atoms with Gasteiger partial charge < -0.3 is 0 Å². The van der Waals surface area contributed by atoms with Gasteiger partial charge in [-0.25, -0.2) is 0 Å². The molecule has 0 fully saturated rings. The van der Waals surface area contributed by atoms with Crippen LogP contribution in [-0.4, -0.2) is 25.8 Å². The van der Waals surface area contributed by atoms with Gasteiger partial charge in [-0.3, -0.25) is 9.48 Å². The van der Waals surface area contributed by atoms with Crippen LogP contribution in [0.3, 0.4) is 0 Å². The fourth-order valence-electron chi connectivity index (χ4n) is 1.68. The van der Waals surface area contributed by atoms with Gasteiger partial charge >= 0.3 is 0 Å². The second-order valence-electron chi connectivity index (χ2n) is 4.11. The quantitative estimate of drug-likeness (QED) is 0.744. The lowest BCUT2D eigenvalue weighted by atomic mass is 10.0. The summed E-state index contributed by atoms with van der Waals surface area (Å²) in [4.78, 5) is 12.1. The molecule has 2 rings (SSSR count). The third-order valence-corrected chi connectivity index (χ3v) is 2.52. The summed E-state index contributed by atoms with van der Waals surface area (Å²) in [5, 5.41) is 11.9. The van der Waals surface area contributed by atoms with Gasteiger partial charge in [0.15, 0.2) is 5.78 Å². The van der Waals surface area contributed by atoms with Crippen LogP contribution in [0.15, 0.2) is 18.5 Å². The summed E-state index contributed by atoms with van der Waals surface area (Å²) in [7, 11) is 1.83. The Hall–Kier alpha value is -2.04. The van der Waals surface area contributed by atoms with Crippen LogP contribution in [0.5, 0.6) is 0 Å². The standard InChI is InChI=1S/C12H14N4O/c1-8-4-11(9(2)15-14-8)12(17)5-10-6-13-16(3)7-10/h4,6-7H,5H2,1-3H3. The Morgan fingerprint density at radius 2 is 2.12 bits per heavy atom. The van der Waals surface area contributed by atoms with E-state index in [1.54, 1.807) is 23.9 Å². The van der Waals surface area contributed by atoms with Crippen LogP contribution in [-0.2, 0) is 13.5 Å². The largest absolute Gasteiger partial charge is 0.294 e. The second kappa shape index (κ2) is 4.45. The summed E-state index contributed by atoms with van der Waals surface area (Å²) in [5.41, 5.74) is 2.97. The van der Waals surface area contributed by atoms with Crippen molar-refractivity contribution in [3.8, 4) is 0 Å². The molecule has 5 heteroatoms. The molecule has 0 amide bonds. The first-order chi connectivity index (χ1) is 8.06. The summed E-state index contributed by atoms with van der Waals surface area (Å²) in [6.45, 7) is 3.62. The molecule has 2 heterocycles. The molecule has 0 N–H and O–H groups in total. The van der Waals surface area contributed by atoms with E-state index in [2.05, 4.69) is 15.3 Å². The van der Waals surface area contributed by atoms with Crippen molar-refractivity contribution in [2.24, 2.45) is 7.05 Å². The van der Waals surface area contributed by atoms with E-state index in [1.807, 2.05) is 20.2 Å². The molecule has 2 aromatic heterocycles. The van der Waals surface area contributed by atoms with Gasteiger partial charge in [-0.2, -0.15) is 15.3 Å². The number of ketones is 1. The fraction of sp³-hybridized carbons (Fsp3) is 0.333. The van der Waals surface area contributed by atoms with Crippen molar-refractivity contribution < 1.29 is 4.79 Å². The van der Waals surface area contributed by atoms with Crippen molar-refractivity contribution in [1.82, 2.24) is 20.0 Å². The van der Waals surface area contributed by atoms with Gasteiger partial charge in [-0.1, -0.05) is 0 Å². The molecule has 0 unspecified atom stereocenters. The number of hydrogen-bond donors (Lipinski definition) is 0. The monoisotopic (exact) mass is 230 g/mol. The molecule has 0 saturated carbocycles. The lowest BCUT2D eigenvalue weighted by Crippen LogP contribution is -2.08. The van der Waals surface area contributed by atoms with Crippen molar-refractivity contribution in [1.29, 1.82) is 0 Å². The van der Waals surface area contributed by atoms with E-state index in [0.29, 0.717) is 17.7 Å². The molecule has 0 aromatic carbocycles. The maximum atomic E-state index is 12.1. The number of carbonyl (C=O) groups is 1. The van der Waals surface area contributed by atoms with Crippen LogP contribution in [0.4, 0.5) is 0 Å². The number of carbonyl (C=O) groups excluding carboxylic acids is 1. The average molecular weight is 230 g/mol. The Balaban J connectivity index is 2.22. The Kier molecular flexibility index (Phi) is 2.99. The van der Waals surface area contributed by atoms with Crippen molar-refractivity contribution in [2.75, 3.05) is 0 Å². The van der Waals surface area contributed by atoms with Gasteiger partial charge in [0.25, 0.3) is 0 Å². The van der Waals surface area contributed by atoms with Crippen LogP contribution in [0.25, 0.3) is 0 Å². The fourth-order valence-corrected chi connectivity index (χ4v) is 1.68. The van der Waals surface area contributed by atoms with Crippen molar-refractivity contribution in [3.63, 3.8) is 0 Å². The van der Waals surface area contributed by atoms with E-state index < -0.39 is 0 Å². The molecular weight excluding hydrogens is 216 g/mol. The highest BCUT2D eigenvalue weighted by Gasteiger charge is 2.12. The third kappa shape index (κ3) is 2.55. The molecule has 2 aromatic rings. The summed E-state index contributed by atoms with van der Waals surface area (Å²) in [5.74, 6) is 0.0495. The first-order valence-electron chi connectivity index (χ1n) is 5.38. The summed E-state index contributed by atoms with van der Waals surface area (Å²) < 4.78 is 1.69. The molecule has 0 radical (unpaired) electrons. The number of rotatable bonds is 3. The molecule has 17 heavy (non-hydrogen) atoms. The minimum atomic E-state index is 0.0495. The summed E-state index contributed by atoms with van der Waals surface area (Å²) in [6, 6.07) is 1.78. The van der Waals surface area contributed by atoms with Crippen molar-refractivity contribution in [3.05, 3.63) is 41.0 Å². The third-order valence-electron chi connectivity index (χ3n) is 2.52. The molecular formula is C12H14N4O. The number of Topliss-reactive ketones (excluding diaryl/α,β-unsaturated/α-hetero) is 1. The Labute approximate surface area is 99.5 Å². The second-order valence-corrected chi connectivity index (χ2v) is 4.11. The molecule has 0 saturated heterocycles. The van der Waals surface area contributed by atoms with Gasteiger partial charge in [-0.15, -0.1) is 0 Å². The molecule has 0 aliphatic rings. The van der Waals surface area contributed by atoms with Gasteiger partial charge in [0.05, 0.1) is 17.6 Å². The summed E-state index contributed by atoms with van der Waals surface area (Å²) >= 11 is 0. The smallest absolute Gasteiger partial charge is 0.169 e. The maximum Gasteiger partial charge on any atom is 0.169 e. The number of aromatic nitrogens is 4. The van der Waals surface area contributed by atoms with Gasteiger partial charge in [0.2, 0.25) is 0 Å². The number of hydrogen-bond acceptors (Lipinski definition) is 4. The molecule has 5 nitrogen and oxygen atoms in total. The molecule has 0 spiro atoms. The van der Waals surface area contributed by atoms with E-state index >= 15 is 0 Å². The van der Waals surface area contributed by atoms with E-state index in [9.17, 15) is 4.79 Å². The molecule has 0 bridgehead atoms. The number of nitrogens with zero attached hydrogens (tertiary/aromatic N) is 4. The first kappa shape index (κ1) is 11.4. The lowest BCUT2D eigenvalue weighted by Gasteiger charge is -2.03. The molecule has 0 aliphatic carbocycles. The van der Waals surface area contributed by atoms with Crippen LogP contribution in [0.1, 0.15) is 27.3 Å². The van der Waals surface area contributed by atoms with E-state index in [0.717, 1.165) is 11.3 Å². The van der Waals surface area contributed by atoms with Crippen LogP contribution in [0.2, 0.25) is 0 Å². The van der Waals surface area contributed by atoms with Crippen molar-refractivity contribution in [2.45, 2.75) is 20.3 Å². The van der Waals surface area contributed by atoms with Gasteiger partial charge in [0, 0.05) is 25.2 Å². The van der Waals surface area contributed by atoms with Gasteiger partial charge in [0.1, 0.15) is 0 Å². The zero-order valence-electron chi connectivity index (χ0n) is 10.1. The minimum absolute atomic E-state index is 0.0495. The lowest BCUT2D eigenvalue weighted by molar-refractivity contribution is 0.0991. The average Bonchev–Trinajstić information content (AvgIpc) is 2.67. The Morgan fingerprint density at radius 3 is 2.76 bits per heavy atom. The highest BCUT2D eigenvalue weighted by Crippen LogP contribution is 2.10. The minimum Gasteiger partial charge on any atom is -0.294 e. The van der Waals surface area contributed by atoms with Crippen LogP contribution in [0, 0.1) is 13.8 Å². The SMILES string of the molecule is Cc1cc(C(=O)Cc2cnn(C)c2)c(C)nn1. The zero-order valence-corrected chi connectivity index (χ0v) is 10.1. The van der Waals surface area contributed by atoms with Gasteiger partial charge in [-0.05, 0) is 25.5 Å².